The van der Waals surface area contributed by atoms with Crippen LogP contribution >= 0.6 is 0 Å². The fourth-order valence-corrected chi connectivity index (χ4v) is 2.33. The van der Waals surface area contributed by atoms with E-state index in [1.54, 1.807) is 0 Å². The van der Waals surface area contributed by atoms with Crippen LogP contribution in [-0.4, -0.2) is 16.6 Å². The van der Waals surface area contributed by atoms with Gasteiger partial charge in [0.25, 0.3) is 0 Å². The number of aryl methyl sites for hydroxylation is 1. The molecule has 2 rings (SSSR count). The second-order valence-corrected chi connectivity index (χ2v) is 6.26. The molecule has 1 heterocycles. The first-order valence-electron chi connectivity index (χ1n) is 7.00. The smallest absolute Gasteiger partial charge is 0.109 e. The Labute approximate surface area is 116 Å². The topological polar surface area (TPSA) is 29.9 Å². The van der Waals surface area contributed by atoms with Crippen LogP contribution < -0.4 is 5.32 Å². The second-order valence-electron chi connectivity index (χ2n) is 6.26. The minimum Gasteiger partial charge on any atom is -0.331 e. The van der Waals surface area contributed by atoms with Crippen molar-refractivity contribution in [2.45, 2.75) is 39.7 Å². The lowest BCUT2D eigenvalue weighted by Crippen LogP contribution is -2.32. The van der Waals surface area contributed by atoms with Crippen molar-refractivity contribution in [3.05, 3.63) is 29.6 Å². The van der Waals surface area contributed by atoms with Crippen molar-refractivity contribution in [3.63, 3.8) is 0 Å². The Hall–Kier alpha value is -1.35. The lowest BCUT2D eigenvalue weighted by atomic mass is 9.94. The third kappa shape index (κ3) is 2.66. The average molecular weight is 259 g/mol. The predicted octanol–water partition coefficient (Wildman–Crippen LogP) is 3.23. The number of nitrogens with zero attached hydrogens (tertiary/aromatic N) is 2. The van der Waals surface area contributed by atoms with Crippen LogP contribution in [0.25, 0.3) is 11.0 Å². The molecule has 0 amide bonds. The van der Waals surface area contributed by atoms with Crippen molar-refractivity contribution in [2.24, 2.45) is 13.0 Å². The van der Waals surface area contributed by atoms with E-state index in [-0.39, 0.29) is 5.54 Å². The van der Waals surface area contributed by atoms with Crippen molar-refractivity contribution >= 4 is 11.0 Å². The van der Waals surface area contributed by atoms with Crippen LogP contribution in [0.1, 0.15) is 39.1 Å². The molecule has 0 fully saturated rings. The number of rotatable bonds is 4. The summed E-state index contributed by atoms with van der Waals surface area (Å²) in [6.45, 7) is 8.84. The van der Waals surface area contributed by atoms with Crippen LogP contribution in [0, 0.1) is 5.92 Å². The first-order chi connectivity index (χ1) is 8.85. The maximum absolute atomic E-state index is 4.80. The molecule has 3 heteroatoms. The molecular weight excluding hydrogens is 234 g/mol. The zero-order valence-corrected chi connectivity index (χ0v) is 12.9. The fourth-order valence-electron chi connectivity index (χ4n) is 2.33. The van der Waals surface area contributed by atoms with E-state index in [1.165, 1.54) is 16.9 Å². The molecule has 1 aromatic carbocycles. The van der Waals surface area contributed by atoms with E-state index in [0.717, 1.165) is 11.9 Å². The van der Waals surface area contributed by atoms with E-state index >= 15 is 0 Å². The minimum atomic E-state index is -0.0239. The van der Waals surface area contributed by atoms with Gasteiger partial charge < -0.3 is 9.88 Å². The van der Waals surface area contributed by atoms with Gasteiger partial charge in [0.15, 0.2) is 0 Å². The molecule has 19 heavy (non-hydrogen) atoms. The van der Waals surface area contributed by atoms with E-state index in [9.17, 15) is 0 Å². The highest BCUT2D eigenvalue weighted by molar-refractivity contribution is 5.77. The molecule has 0 aliphatic carbocycles. The van der Waals surface area contributed by atoms with E-state index in [4.69, 9.17) is 4.98 Å². The summed E-state index contributed by atoms with van der Waals surface area (Å²) in [5.41, 5.74) is 3.56. The molecule has 3 nitrogen and oxygen atoms in total. The van der Waals surface area contributed by atoms with Crippen LogP contribution in [0.4, 0.5) is 0 Å². The Morgan fingerprint density at radius 2 is 2.00 bits per heavy atom. The van der Waals surface area contributed by atoms with Gasteiger partial charge in [0.2, 0.25) is 0 Å². The first-order valence-corrected chi connectivity index (χ1v) is 7.00. The minimum absolute atomic E-state index is 0.0239. The van der Waals surface area contributed by atoms with Gasteiger partial charge in [-0.2, -0.15) is 0 Å². The molecule has 0 atom stereocenters. The summed E-state index contributed by atoms with van der Waals surface area (Å²) in [5, 5.41) is 3.34. The molecule has 0 aliphatic heterocycles. The lowest BCUT2D eigenvalue weighted by molar-refractivity contribution is 0.445. The molecule has 0 saturated carbocycles. The number of imidazole rings is 1. The molecular formula is C16H25N3. The van der Waals surface area contributed by atoms with Gasteiger partial charge in [-0.05, 0) is 44.5 Å². The number of hydrogen-bond donors (Lipinski definition) is 1. The summed E-state index contributed by atoms with van der Waals surface area (Å²) in [4.78, 5) is 4.80. The Balaban J connectivity index is 2.50. The Kier molecular flexibility index (Phi) is 3.68. The number of benzene rings is 1. The Morgan fingerprint density at radius 3 is 2.58 bits per heavy atom. The standard InChI is InChI=1S/C16H25N3/c1-11(2)9-15-18-13-10-12(16(3,4)17-5)7-8-14(13)19(15)6/h7-8,10-11,17H,9H2,1-6H3. The Morgan fingerprint density at radius 1 is 1.32 bits per heavy atom. The van der Waals surface area contributed by atoms with Gasteiger partial charge in [0, 0.05) is 19.0 Å². The van der Waals surface area contributed by atoms with E-state index in [0.29, 0.717) is 5.92 Å². The quantitative estimate of drug-likeness (QED) is 0.913. The van der Waals surface area contributed by atoms with Gasteiger partial charge in [-0.15, -0.1) is 0 Å². The highest BCUT2D eigenvalue weighted by Gasteiger charge is 2.19. The lowest BCUT2D eigenvalue weighted by Gasteiger charge is -2.24. The second kappa shape index (κ2) is 4.97. The highest BCUT2D eigenvalue weighted by atomic mass is 15.1. The first kappa shape index (κ1) is 14.1. The molecule has 0 bridgehead atoms. The molecule has 0 radical (unpaired) electrons. The summed E-state index contributed by atoms with van der Waals surface area (Å²) >= 11 is 0. The molecule has 0 unspecified atom stereocenters. The zero-order valence-electron chi connectivity index (χ0n) is 12.9. The van der Waals surface area contributed by atoms with Crippen LogP contribution in [0.15, 0.2) is 18.2 Å². The van der Waals surface area contributed by atoms with Crippen LogP contribution in [-0.2, 0) is 19.0 Å². The average Bonchev–Trinajstić information content (AvgIpc) is 2.65. The van der Waals surface area contributed by atoms with E-state index < -0.39 is 0 Å². The van der Waals surface area contributed by atoms with Gasteiger partial charge in [0.05, 0.1) is 11.0 Å². The molecule has 0 spiro atoms. The maximum Gasteiger partial charge on any atom is 0.109 e. The fraction of sp³-hybridized carbons (Fsp3) is 0.562. The van der Waals surface area contributed by atoms with E-state index in [2.05, 4.69) is 62.8 Å². The summed E-state index contributed by atoms with van der Waals surface area (Å²) in [6.07, 6.45) is 1.02. The molecule has 1 aromatic heterocycles. The van der Waals surface area contributed by atoms with Gasteiger partial charge in [0.1, 0.15) is 5.82 Å². The maximum atomic E-state index is 4.80. The van der Waals surface area contributed by atoms with E-state index in [1.807, 2.05) is 7.05 Å². The van der Waals surface area contributed by atoms with Gasteiger partial charge >= 0.3 is 0 Å². The summed E-state index contributed by atoms with van der Waals surface area (Å²) in [6, 6.07) is 6.58. The molecule has 104 valence electrons. The van der Waals surface area contributed by atoms with Crippen molar-refractivity contribution in [1.82, 2.24) is 14.9 Å². The van der Waals surface area contributed by atoms with Crippen molar-refractivity contribution < 1.29 is 0 Å². The third-order valence-corrected chi connectivity index (χ3v) is 3.91. The summed E-state index contributed by atoms with van der Waals surface area (Å²) in [7, 11) is 4.10. The van der Waals surface area contributed by atoms with Crippen LogP contribution in [0.5, 0.6) is 0 Å². The number of aromatic nitrogens is 2. The molecule has 0 aliphatic rings. The normalized spacial score (nSPS) is 12.6. The summed E-state index contributed by atoms with van der Waals surface area (Å²) in [5.74, 6) is 1.80. The van der Waals surface area contributed by atoms with Crippen LogP contribution in [0.2, 0.25) is 0 Å². The number of hydrogen-bond acceptors (Lipinski definition) is 2. The third-order valence-electron chi connectivity index (χ3n) is 3.91. The Bertz CT molecular complexity index is 579. The highest BCUT2D eigenvalue weighted by Crippen LogP contribution is 2.25. The van der Waals surface area contributed by atoms with Crippen molar-refractivity contribution in [1.29, 1.82) is 0 Å². The SMILES string of the molecule is CNC(C)(C)c1ccc2c(c1)nc(CC(C)C)n2C. The molecule has 1 N–H and O–H groups in total. The molecule has 2 aromatic rings. The van der Waals surface area contributed by atoms with Crippen LogP contribution in [0.3, 0.4) is 0 Å². The predicted molar refractivity (Wildman–Crippen MR) is 81.3 cm³/mol. The van der Waals surface area contributed by atoms with Gasteiger partial charge in [-0.1, -0.05) is 19.9 Å². The number of fused-ring (bicyclic) bond motifs is 1. The largest absolute Gasteiger partial charge is 0.331 e. The molecule has 0 saturated heterocycles. The van der Waals surface area contributed by atoms with Gasteiger partial charge in [-0.3, -0.25) is 0 Å². The zero-order chi connectivity index (χ0) is 14.2. The van der Waals surface area contributed by atoms with Gasteiger partial charge in [-0.25, -0.2) is 4.98 Å². The van der Waals surface area contributed by atoms with Crippen molar-refractivity contribution in [2.75, 3.05) is 7.05 Å². The monoisotopic (exact) mass is 259 g/mol. The summed E-state index contributed by atoms with van der Waals surface area (Å²) < 4.78 is 2.21. The number of nitrogens with one attached hydrogen (secondary N) is 1. The van der Waals surface area contributed by atoms with Crippen molar-refractivity contribution in [3.8, 4) is 0 Å².